The Morgan fingerprint density at radius 2 is 2.78 bits per heavy atom. The molecule has 0 bridgehead atoms. The molecule has 5 heteroatoms. The van der Waals surface area contributed by atoms with Crippen molar-refractivity contribution in [1.82, 2.24) is 4.98 Å². The maximum Gasteiger partial charge on any atom is 0.193 e. The zero-order valence-electron chi connectivity index (χ0n) is 4.37. The van der Waals surface area contributed by atoms with E-state index in [4.69, 9.17) is 5.26 Å². The topological polar surface area (TPSA) is 48.7 Å². The van der Waals surface area contributed by atoms with Gasteiger partial charge in [-0.1, -0.05) is 0 Å². The monoisotopic (exact) mass is 157 g/mol. The molecule has 3 nitrogen and oxygen atoms in total. The van der Waals surface area contributed by atoms with Crippen molar-refractivity contribution in [2.24, 2.45) is 0 Å². The third kappa shape index (κ3) is 1.91. The lowest BCUT2D eigenvalue weighted by molar-refractivity contribution is 1.43. The Balaban J connectivity index is 2.41. The number of aromatic nitrogens is 1. The van der Waals surface area contributed by atoms with E-state index in [1.54, 1.807) is 6.20 Å². The Kier molecular flexibility index (Phi) is 2.36. The van der Waals surface area contributed by atoms with Gasteiger partial charge in [-0.15, -0.1) is 11.3 Å². The van der Waals surface area contributed by atoms with Gasteiger partial charge in [0, 0.05) is 11.6 Å². The molecule has 0 spiro atoms. The van der Waals surface area contributed by atoms with Gasteiger partial charge >= 0.3 is 0 Å². The lowest BCUT2D eigenvalue weighted by atomic mass is 11.0. The molecule has 0 saturated carbocycles. The van der Waals surface area contributed by atoms with Crippen LogP contribution in [0.15, 0.2) is 11.6 Å². The number of hydrogen-bond acceptors (Lipinski definition) is 5. The van der Waals surface area contributed by atoms with Gasteiger partial charge < -0.3 is 0 Å². The van der Waals surface area contributed by atoms with Crippen molar-refractivity contribution in [3.63, 3.8) is 0 Å². The molecular weight excluding hydrogens is 154 g/mol. The van der Waals surface area contributed by atoms with Crippen LogP contribution in [0.25, 0.3) is 0 Å². The summed E-state index contributed by atoms with van der Waals surface area (Å²) < 4.78 is 2.74. The lowest BCUT2D eigenvalue weighted by Gasteiger charge is -1.87. The average molecular weight is 157 g/mol. The maximum atomic E-state index is 8.09. The summed E-state index contributed by atoms with van der Waals surface area (Å²) in [6, 6.07) is 0. The molecule has 1 aromatic rings. The quantitative estimate of drug-likeness (QED) is 0.524. The molecule has 0 saturated heterocycles. The van der Waals surface area contributed by atoms with Gasteiger partial charge in [-0.3, -0.25) is 4.72 Å². The zero-order chi connectivity index (χ0) is 6.53. The number of anilines is 1. The van der Waals surface area contributed by atoms with E-state index in [0.717, 1.165) is 17.1 Å². The first-order chi connectivity index (χ1) is 4.43. The summed E-state index contributed by atoms with van der Waals surface area (Å²) in [6.07, 6.45) is 1.69. The summed E-state index contributed by atoms with van der Waals surface area (Å²) in [5, 5.41) is 12.6. The third-order valence-corrected chi connectivity index (χ3v) is 1.82. The first-order valence-electron chi connectivity index (χ1n) is 2.14. The summed E-state index contributed by atoms with van der Waals surface area (Å²) in [5.74, 6) is 0. The van der Waals surface area contributed by atoms with E-state index in [1.165, 1.54) is 11.3 Å². The normalized spacial score (nSPS) is 8.33. The summed E-state index contributed by atoms with van der Waals surface area (Å²) in [4.78, 5) is 3.89. The smallest absolute Gasteiger partial charge is 0.193 e. The van der Waals surface area contributed by atoms with E-state index in [0.29, 0.717) is 0 Å². The predicted molar refractivity (Wildman–Crippen MR) is 38.9 cm³/mol. The zero-order valence-corrected chi connectivity index (χ0v) is 6.00. The third-order valence-electron chi connectivity index (χ3n) is 0.616. The summed E-state index contributed by atoms with van der Waals surface area (Å²) in [6.45, 7) is 0. The Morgan fingerprint density at radius 3 is 3.33 bits per heavy atom. The second-order valence-electron chi connectivity index (χ2n) is 1.13. The van der Waals surface area contributed by atoms with Gasteiger partial charge in [-0.25, -0.2) is 4.98 Å². The fourth-order valence-corrected chi connectivity index (χ4v) is 1.22. The minimum Gasteiger partial charge on any atom is -0.293 e. The Hall–Kier alpha value is -0.730. The van der Waals surface area contributed by atoms with Gasteiger partial charge in [0.05, 0.1) is 11.9 Å². The highest BCUT2D eigenvalue weighted by Gasteiger charge is 1.89. The molecule has 0 unspecified atom stereocenters. The summed E-state index contributed by atoms with van der Waals surface area (Å²) >= 11 is 2.44. The van der Waals surface area contributed by atoms with Crippen LogP contribution >= 0.6 is 23.3 Å². The molecule has 46 valence electrons. The van der Waals surface area contributed by atoms with E-state index in [-0.39, 0.29) is 0 Å². The largest absolute Gasteiger partial charge is 0.293 e. The van der Waals surface area contributed by atoms with E-state index >= 15 is 0 Å². The van der Waals surface area contributed by atoms with Gasteiger partial charge in [0.15, 0.2) is 10.5 Å². The molecular formula is C4H3N3S2. The van der Waals surface area contributed by atoms with Crippen molar-refractivity contribution in [2.45, 2.75) is 0 Å². The lowest BCUT2D eigenvalue weighted by Crippen LogP contribution is -1.79. The first kappa shape index (κ1) is 6.39. The van der Waals surface area contributed by atoms with Gasteiger partial charge in [0.1, 0.15) is 0 Å². The number of thiocyanates is 1. The van der Waals surface area contributed by atoms with Gasteiger partial charge in [0.2, 0.25) is 0 Å². The van der Waals surface area contributed by atoms with E-state index < -0.39 is 0 Å². The second-order valence-corrected chi connectivity index (χ2v) is 2.62. The van der Waals surface area contributed by atoms with Crippen LogP contribution in [-0.4, -0.2) is 4.98 Å². The Morgan fingerprint density at radius 1 is 1.89 bits per heavy atom. The van der Waals surface area contributed by atoms with Crippen LogP contribution in [0.5, 0.6) is 0 Å². The van der Waals surface area contributed by atoms with Gasteiger partial charge in [-0.2, -0.15) is 5.26 Å². The van der Waals surface area contributed by atoms with Crippen LogP contribution in [0.4, 0.5) is 5.13 Å². The molecule has 0 radical (unpaired) electrons. The van der Waals surface area contributed by atoms with E-state index in [2.05, 4.69) is 9.71 Å². The van der Waals surface area contributed by atoms with Crippen molar-refractivity contribution < 1.29 is 0 Å². The highest BCUT2D eigenvalue weighted by atomic mass is 32.2. The molecule has 1 N–H and O–H groups in total. The molecule has 0 aromatic carbocycles. The van der Waals surface area contributed by atoms with Crippen LogP contribution in [0.1, 0.15) is 0 Å². The Labute approximate surface area is 60.9 Å². The summed E-state index contributed by atoms with van der Waals surface area (Å²) in [7, 11) is 0. The average Bonchev–Trinajstić information content (AvgIpc) is 2.34. The predicted octanol–water partition coefficient (Wildman–Crippen LogP) is 1.68. The molecule has 0 aliphatic rings. The van der Waals surface area contributed by atoms with Gasteiger partial charge in [0.25, 0.3) is 0 Å². The van der Waals surface area contributed by atoms with Gasteiger partial charge in [-0.05, 0) is 0 Å². The number of thiazole rings is 1. The molecule has 1 aromatic heterocycles. The molecule has 0 aliphatic heterocycles. The second kappa shape index (κ2) is 3.33. The van der Waals surface area contributed by atoms with Crippen LogP contribution in [0, 0.1) is 10.7 Å². The van der Waals surface area contributed by atoms with Crippen molar-refractivity contribution in [3.05, 3.63) is 11.6 Å². The van der Waals surface area contributed by atoms with Crippen LogP contribution in [0.2, 0.25) is 0 Å². The van der Waals surface area contributed by atoms with Crippen LogP contribution in [0.3, 0.4) is 0 Å². The SMILES string of the molecule is N#CSNc1nccs1. The van der Waals surface area contributed by atoms with Crippen LogP contribution < -0.4 is 4.72 Å². The number of rotatable bonds is 2. The molecule has 0 amide bonds. The number of hydrogen-bond donors (Lipinski definition) is 1. The highest BCUT2D eigenvalue weighted by Crippen LogP contribution is 2.13. The number of nitrogens with zero attached hydrogens (tertiary/aromatic N) is 2. The van der Waals surface area contributed by atoms with E-state index in [1.807, 2.05) is 10.8 Å². The molecule has 1 rings (SSSR count). The maximum absolute atomic E-state index is 8.09. The van der Waals surface area contributed by atoms with Crippen molar-refractivity contribution in [2.75, 3.05) is 4.72 Å². The van der Waals surface area contributed by atoms with Crippen molar-refractivity contribution in [3.8, 4) is 5.40 Å². The Bertz CT molecular complexity index is 200. The molecule has 0 fully saturated rings. The van der Waals surface area contributed by atoms with E-state index in [9.17, 15) is 0 Å². The van der Waals surface area contributed by atoms with Crippen molar-refractivity contribution in [1.29, 1.82) is 5.26 Å². The first-order valence-corrected chi connectivity index (χ1v) is 3.83. The van der Waals surface area contributed by atoms with Crippen LogP contribution in [-0.2, 0) is 0 Å². The molecule has 1 heterocycles. The molecule has 0 atom stereocenters. The minimum atomic E-state index is 0.765. The standard InChI is InChI=1S/C4H3N3S2/c5-3-9-7-4-6-1-2-8-4/h1-2H,(H,6,7). The minimum absolute atomic E-state index is 0.765. The fourth-order valence-electron chi connectivity index (χ4n) is 0.340. The fraction of sp³-hybridized carbons (Fsp3) is 0. The molecule has 9 heavy (non-hydrogen) atoms. The number of nitriles is 1. The number of nitrogens with one attached hydrogen (secondary N) is 1. The molecule has 0 aliphatic carbocycles. The highest BCUT2D eigenvalue weighted by molar-refractivity contribution is 8.05. The van der Waals surface area contributed by atoms with Crippen molar-refractivity contribution >= 4 is 28.4 Å². The summed E-state index contributed by atoms with van der Waals surface area (Å²) in [5.41, 5.74) is 0.